The highest BCUT2D eigenvalue weighted by Crippen LogP contribution is 2.35. The molecule has 3 aromatic rings. The highest BCUT2D eigenvalue weighted by atomic mass is 32.1. The minimum Gasteiger partial charge on any atom is -0.497 e. The zero-order chi connectivity index (χ0) is 18.7. The Balaban J connectivity index is 1.86. The molecule has 26 heavy (non-hydrogen) atoms. The van der Waals surface area contributed by atoms with Gasteiger partial charge in [0.25, 0.3) is 5.91 Å². The van der Waals surface area contributed by atoms with Crippen LogP contribution in [-0.2, 0) is 0 Å². The third-order valence-electron chi connectivity index (χ3n) is 3.60. The molecule has 1 amide bonds. The number of anilines is 1. The van der Waals surface area contributed by atoms with Crippen LogP contribution in [0.5, 0.6) is 11.5 Å². The normalized spacial score (nSPS) is 10.5. The van der Waals surface area contributed by atoms with E-state index in [9.17, 15) is 13.6 Å². The second-order valence-electron chi connectivity index (χ2n) is 5.15. The molecule has 1 aromatic heterocycles. The van der Waals surface area contributed by atoms with Crippen molar-refractivity contribution in [2.75, 3.05) is 19.5 Å². The van der Waals surface area contributed by atoms with Gasteiger partial charge in [0, 0.05) is 17.0 Å². The van der Waals surface area contributed by atoms with Crippen molar-refractivity contribution in [3.8, 4) is 22.8 Å². The van der Waals surface area contributed by atoms with E-state index < -0.39 is 23.1 Å². The van der Waals surface area contributed by atoms with Crippen LogP contribution in [0.2, 0.25) is 0 Å². The molecule has 0 aliphatic heterocycles. The van der Waals surface area contributed by atoms with E-state index in [1.807, 2.05) is 0 Å². The lowest BCUT2D eigenvalue weighted by Gasteiger charge is -2.08. The molecule has 5 nitrogen and oxygen atoms in total. The number of thiazole rings is 1. The number of carbonyl (C=O) groups excluding carboxylic acids is 1. The molecule has 0 saturated carbocycles. The molecule has 2 aromatic carbocycles. The SMILES string of the molecule is COc1ccc(-c2csc(NC(=O)c3c(F)cccc3F)n2)c(OC)c1. The van der Waals surface area contributed by atoms with Crippen LogP contribution < -0.4 is 14.8 Å². The molecular weight excluding hydrogens is 362 g/mol. The van der Waals surface area contributed by atoms with Gasteiger partial charge in [-0.05, 0) is 24.3 Å². The van der Waals surface area contributed by atoms with Crippen LogP contribution >= 0.6 is 11.3 Å². The van der Waals surface area contributed by atoms with Crippen molar-refractivity contribution in [2.24, 2.45) is 0 Å². The van der Waals surface area contributed by atoms with Gasteiger partial charge in [-0.2, -0.15) is 0 Å². The Kier molecular flexibility index (Phi) is 5.13. The standard InChI is InChI=1S/C18H14F2N2O3S/c1-24-10-6-7-11(15(8-10)25-2)14-9-26-18(21-14)22-17(23)16-12(19)4-3-5-13(16)20/h3-9H,1-2H3,(H,21,22,23). The molecule has 134 valence electrons. The van der Waals surface area contributed by atoms with Crippen molar-refractivity contribution in [3.63, 3.8) is 0 Å². The number of benzene rings is 2. The molecule has 0 atom stereocenters. The maximum Gasteiger partial charge on any atom is 0.263 e. The fraction of sp³-hybridized carbons (Fsp3) is 0.111. The van der Waals surface area contributed by atoms with E-state index in [0.717, 1.165) is 23.5 Å². The van der Waals surface area contributed by atoms with Crippen molar-refractivity contribution in [2.45, 2.75) is 0 Å². The number of nitrogens with zero attached hydrogens (tertiary/aromatic N) is 1. The maximum absolute atomic E-state index is 13.7. The van der Waals surface area contributed by atoms with Gasteiger partial charge in [-0.1, -0.05) is 6.07 Å². The lowest BCUT2D eigenvalue weighted by Crippen LogP contribution is -2.15. The number of hydrogen-bond donors (Lipinski definition) is 1. The molecule has 0 unspecified atom stereocenters. The number of aromatic nitrogens is 1. The first-order valence-corrected chi connectivity index (χ1v) is 8.34. The first-order valence-electron chi connectivity index (χ1n) is 7.46. The minimum atomic E-state index is -0.934. The largest absolute Gasteiger partial charge is 0.497 e. The molecule has 0 fully saturated rings. The van der Waals surface area contributed by atoms with E-state index in [4.69, 9.17) is 9.47 Å². The van der Waals surface area contributed by atoms with Gasteiger partial charge in [-0.15, -0.1) is 11.3 Å². The quantitative estimate of drug-likeness (QED) is 0.719. The van der Waals surface area contributed by atoms with Crippen LogP contribution in [0.3, 0.4) is 0 Å². The van der Waals surface area contributed by atoms with Gasteiger partial charge in [0.15, 0.2) is 5.13 Å². The number of carbonyl (C=O) groups is 1. The third kappa shape index (κ3) is 3.50. The summed E-state index contributed by atoms with van der Waals surface area (Å²) in [7, 11) is 3.07. The predicted octanol–water partition coefficient (Wildman–Crippen LogP) is 4.36. The van der Waals surface area contributed by atoms with Crippen LogP contribution in [0.25, 0.3) is 11.3 Å². The molecule has 0 radical (unpaired) electrons. The highest BCUT2D eigenvalue weighted by molar-refractivity contribution is 7.14. The van der Waals surface area contributed by atoms with Gasteiger partial charge >= 0.3 is 0 Å². The van der Waals surface area contributed by atoms with Gasteiger partial charge < -0.3 is 9.47 Å². The van der Waals surface area contributed by atoms with Crippen molar-refractivity contribution in [1.29, 1.82) is 0 Å². The monoisotopic (exact) mass is 376 g/mol. The maximum atomic E-state index is 13.7. The Morgan fingerprint density at radius 2 is 1.85 bits per heavy atom. The Hall–Kier alpha value is -3.00. The number of methoxy groups -OCH3 is 2. The van der Waals surface area contributed by atoms with Crippen molar-refractivity contribution >= 4 is 22.4 Å². The summed E-state index contributed by atoms with van der Waals surface area (Å²) in [5.41, 5.74) is 0.604. The van der Waals surface area contributed by atoms with E-state index in [0.29, 0.717) is 22.8 Å². The van der Waals surface area contributed by atoms with E-state index in [1.54, 1.807) is 30.7 Å². The van der Waals surface area contributed by atoms with Crippen molar-refractivity contribution in [3.05, 3.63) is 59.0 Å². The van der Waals surface area contributed by atoms with Gasteiger partial charge in [0.05, 0.1) is 19.9 Å². The Morgan fingerprint density at radius 3 is 2.50 bits per heavy atom. The number of rotatable bonds is 5. The van der Waals surface area contributed by atoms with Crippen LogP contribution in [0.4, 0.5) is 13.9 Å². The Bertz CT molecular complexity index is 939. The number of amides is 1. The summed E-state index contributed by atoms with van der Waals surface area (Å²) in [6, 6.07) is 8.47. The zero-order valence-corrected chi connectivity index (χ0v) is 14.7. The molecule has 0 aliphatic carbocycles. The second-order valence-corrected chi connectivity index (χ2v) is 6.01. The molecule has 8 heteroatoms. The summed E-state index contributed by atoms with van der Waals surface area (Å²) in [5, 5.41) is 4.33. The summed E-state index contributed by atoms with van der Waals surface area (Å²) in [5.74, 6) is -1.59. The molecule has 1 heterocycles. The topological polar surface area (TPSA) is 60.5 Å². The Morgan fingerprint density at radius 1 is 1.12 bits per heavy atom. The molecule has 0 bridgehead atoms. The third-order valence-corrected chi connectivity index (χ3v) is 4.36. The molecular formula is C18H14F2N2O3S. The molecule has 0 spiro atoms. The van der Waals surface area contributed by atoms with E-state index in [-0.39, 0.29) is 5.13 Å². The fourth-order valence-corrected chi connectivity index (χ4v) is 3.04. The molecule has 0 saturated heterocycles. The second kappa shape index (κ2) is 7.49. The average molecular weight is 376 g/mol. The number of ether oxygens (including phenoxy) is 2. The summed E-state index contributed by atoms with van der Waals surface area (Å²) in [4.78, 5) is 16.4. The first-order chi connectivity index (χ1) is 12.5. The van der Waals surface area contributed by atoms with Crippen molar-refractivity contribution < 1.29 is 23.0 Å². The number of hydrogen-bond acceptors (Lipinski definition) is 5. The highest BCUT2D eigenvalue weighted by Gasteiger charge is 2.19. The lowest BCUT2D eigenvalue weighted by atomic mass is 10.1. The first kappa shape index (κ1) is 17.8. The lowest BCUT2D eigenvalue weighted by molar-refractivity contribution is 0.101. The molecule has 3 rings (SSSR count). The Labute approximate surface area is 152 Å². The van der Waals surface area contributed by atoms with E-state index in [2.05, 4.69) is 10.3 Å². The summed E-state index contributed by atoms with van der Waals surface area (Å²) in [6.07, 6.45) is 0. The molecule has 0 aliphatic rings. The van der Waals surface area contributed by atoms with Crippen LogP contribution in [0.1, 0.15) is 10.4 Å². The van der Waals surface area contributed by atoms with Crippen LogP contribution in [0, 0.1) is 11.6 Å². The smallest absolute Gasteiger partial charge is 0.263 e. The average Bonchev–Trinajstić information content (AvgIpc) is 3.09. The van der Waals surface area contributed by atoms with E-state index in [1.165, 1.54) is 13.2 Å². The van der Waals surface area contributed by atoms with Gasteiger partial charge in [0.1, 0.15) is 28.7 Å². The van der Waals surface area contributed by atoms with Gasteiger partial charge in [-0.25, -0.2) is 13.8 Å². The number of halogens is 2. The summed E-state index contributed by atoms with van der Waals surface area (Å²) in [6.45, 7) is 0. The summed E-state index contributed by atoms with van der Waals surface area (Å²) < 4.78 is 37.9. The predicted molar refractivity (Wildman–Crippen MR) is 95.0 cm³/mol. The molecule has 1 N–H and O–H groups in total. The van der Waals surface area contributed by atoms with Crippen LogP contribution in [-0.4, -0.2) is 25.1 Å². The van der Waals surface area contributed by atoms with E-state index >= 15 is 0 Å². The van der Waals surface area contributed by atoms with Crippen molar-refractivity contribution in [1.82, 2.24) is 4.98 Å². The van der Waals surface area contributed by atoms with Gasteiger partial charge in [0.2, 0.25) is 0 Å². The zero-order valence-electron chi connectivity index (χ0n) is 13.9. The van der Waals surface area contributed by atoms with Gasteiger partial charge in [-0.3, -0.25) is 10.1 Å². The van der Waals surface area contributed by atoms with Crippen LogP contribution in [0.15, 0.2) is 41.8 Å². The number of nitrogens with one attached hydrogen (secondary N) is 1. The fourth-order valence-electron chi connectivity index (χ4n) is 2.34. The minimum absolute atomic E-state index is 0.213. The summed E-state index contributed by atoms with van der Waals surface area (Å²) >= 11 is 1.13.